The Hall–Kier alpha value is -3.10. The first-order chi connectivity index (χ1) is 15.5. The van der Waals surface area contributed by atoms with Gasteiger partial charge in [0.05, 0.1) is 18.2 Å². The Bertz CT molecular complexity index is 1330. The molecule has 0 spiro atoms. The van der Waals surface area contributed by atoms with E-state index in [1.165, 1.54) is 17.2 Å². The molecular formula is C24H27ClN4O3S. The van der Waals surface area contributed by atoms with Crippen molar-refractivity contribution in [1.82, 2.24) is 9.99 Å². The lowest BCUT2D eigenvalue weighted by Gasteiger charge is -2.21. The number of carbonyl (C=O) groups is 1. The van der Waals surface area contributed by atoms with E-state index in [1.54, 1.807) is 24.4 Å². The molecule has 33 heavy (non-hydrogen) atoms. The number of carbonyl (C=O) groups excluding carboxylic acids is 1. The van der Waals surface area contributed by atoms with E-state index in [0.29, 0.717) is 10.7 Å². The number of sulfonamides is 1. The highest BCUT2D eigenvalue weighted by Crippen LogP contribution is 2.23. The normalized spacial score (nSPS) is 11.7. The van der Waals surface area contributed by atoms with Gasteiger partial charge in [0.25, 0.3) is 5.91 Å². The summed E-state index contributed by atoms with van der Waals surface area (Å²) in [5, 5.41) is 4.42. The van der Waals surface area contributed by atoms with Crippen LogP contribution in [0, 0.1) is 27.7 Å². The topological polar surface area (TPSA) is 83.8 Å². The molecular weight excluding hydrogens is 460 g/mol. The average Bonchev–Trinajstić information content (AvgIpc) is 3.00. The summed E-state index contributed by atoms with van der Waals surface area (Å²) in [5.41, 5.74) is 9.07. The maximum Gasteiger partial charge on any atom is 0.260 e. The van der Waals surface area contributed by atoms with E-state index < -0.39 is 22.5 Å². The minimum atomic E-state index is -3.69. The molecule has 0 bridgehead atoms. The van der Waals surface area contributed by atoms with Gasteiger partial charge in [-0.25, -0.2) is 13.8 Å². The number of nitrogens with one attached hydrogen (secondary N) is 1. The molecule has 0 unspecified atom stereocenters. The van der Waals surface area contributed by atoms with Crippen LogP contribution in [-0.2, 0) is 14.8 Å². The fourth-order valence-corrected chi connectivity index (χ4v) is 4.58. The molecule has 3 rings (SSSR count). The number of aromatic nitrogens is 1. The first-order valence-electron chi connectivity index (χ1n) is 10.3. The Morgan fingerprint density at radius 3 is 2.45 bits per heavy atom. The quantitative estimate of drug-likeness (QED) is 0.399. The van der Waals surface area contributed by atoms with Crippen molar-refractivity contribution in [3.05, 3.63) is 81.6 Å². The van der Waals surface area contributed by atoms with Crippen molar-refractivity contribution in [2.45, 2.75) is 27.7 Å². The van der Waals surface area contributed by atoms with Crippen molar-refractivity contribution < 1.29 is 13.2 Å². The third-order valence-electron chi connectivity index (χ3n) is 5.40. The molecule has 0 saturated carbocycles. The lowest BCUT2D eigenvalue weighted by Crippen LogP contribution is -2.39. The zero-order valence-electron chi connectivity index (χ0n) is 19.3. The molecule has 2 aromatic carbocycles. The largest absolute Gasteiger partial charge is 0.318 e. The summed E-state index contributed by atoms with van der Waals surface area (Å²) in [5.74, 6) is -0.570. The summed E-state index contributed by atoms with van der Waals surface area (Å²) in [7, 11) is -3.69. The Labute approximate surface area is 199 Å². The van der Waals surface area contributed by atoms with Gasteiger partial charge in [-0.3, -0.25) is 9.10 Å². The van der Waals surface area contributed by atoms with Crippen molar-refractivity contribution >= 4 is 39.4 Å². The average molecular weight is 487 g/mol. The van der Waals surface area contributed by atoms with E-state index in [1.807, 2.05) is 19.9 Å². The van der Waals surface area contributed by atoms with Gasteiger partial charge in [0.2, 0.25) is 10.0 Å². The third kappa shape index (κ3) is 5.83. The lowest BCUT2D eigenvalue weighted by atomic mass is 10.1. The lowest BCUT2D eigenvalue weighted by molar-refractivity contribution is -0.119. The number of rotatable bonds is 7. The van der Waals surface area contributed by atoms with Crippen molar-refractivity contribution in [1.29, 1.82) is 0 Å². The number of hydrogen-bond acceptors (Lipinski definition) is 4. The SMILES string of the molecule is Cc1ccc(-n2c(C)cc(/C=N\NC(=O)CN(c3cccc(Cl)c3)S(C)(=O)=O)c2C)cc1C. The van der Waals surface area contributed by atoms with Crippen LogP contribution in [0.15, 0.2) is 53.6 Å². The van der Waals surface area contributed by atoms with Crippen LogP contribution in [0.2, 0.25) is 5.02 Å². The van der Waals surface area contributed by atoms with Crippen LogP contribution in [0.5, 0.6) is 0 Å². The van der Waals surface area contributed by atoms with Crippen LogP contribution in [0.25, 0.3) is 5.69 Å². The minimum absolute atomic E-state index is 0.307. The van der Waals surface area contributed by atoms with Crippen LogP contribution < -0.4 is 9.73 Å². The van der Waals surface area contributed by atoms with Crippen molar-refractivity contribution in [3.63, 3.8) is 0 Å². The first kappa shape index (κ1) is 24.5. The molecule has 9 heteroatoms. The van der Waals surface area contributed by atoms with Gasteiger partial charge in [-0.1, -0.05) is 23.7 Å². The Balaban J connectivity index is 1.75. The van der Waals surface area contributed by atoms with Crippen molar-refractivity contribution in [2.24, 2.45) is 5.10 Å². The number of hydrazone groups is 1. The maximum absolute atomic E-state index is 12.4. The maximum atomic E-state index is 12.4. The van der Waals surface area contributed by atoms with Gasteiger partial charge in [0, 0.05) is 27.7 Å². The van der Waals surface area contributed by atoms with E-state index in [-0.39, 0.29) is 0 Å². The van der Waals surface area contributed by atoms with Gasteiger partial charge in [-0.05, 0) is 75.2 Å². The number of hydrogen-bond donors (Lipinski definition) is 1. The minimum Gasteiger partial charge on any atom is -0.318 e. The zero-order chi connectivity index (χ0) is 24.3. The van der Waals surface area contributed by atoms with E-state index in [2.05, 4.69) is 47.1 Å². The summed E-state index contributed by atoms with van der Waals surface area (Å²) in [6.45, 7) is 7.72. The van der Waals surface area contributed by atoms with Crippen molar-refractivity contribution in [2.75, 3.05) is 17.1 Å². The molecule has 0 fully saturated rings. The van der Waals surface area contributed by atoms with Gasteiger partial charge in [0.1, 0.15) is 6.54 Å². The van der Waals surface area contributed by atoms with Crippen LogP contribution >= 0.6 is 11.6 Å². The second-order valence-corrected chi connectivity index (χ2v) is 10.3. The van der Waals surface area contributed by atoms with Gasteiger partial charge >= 0.3 is 0 Å². The van der Waals surface area contributed by atoms with E-state index in [0.717, 1.165) is 33.2 Å². The summed E-state index contributed by atoms with van der Waals surface area (Å²) in [6.07, 6.45) is 2.59. The summed E-state index contributed by atoms with van der Waals surface area (Å²) in [6, 6.07) is 14.6. The number of halogens is 1. The summed E-state index contributed by atoms with van der Waals surface area (Å²) in [4.78, 5) is 12.4. The highest BCUT2D eigenvalue weighted by Gasteiger charge is 2.21. The third-order valence-corrected chi connectivity index (χ3v) is 6.77. The molecule has 1 N–H and O–H groups in total. The predicted octanol–water partition coefficient (Wildman–Crippen LogP) is 4.28. The Kier molecular flexibility index (Phi) is 7.29. The number of nitrogens with zero attached hydrogens (tertiary/aromatic N) is 3. The Morgan fingerprint density at radius 1 is 1.09 bits per heavy atom. The van der Waals surface area contributed by atoms with Gasteiger partial charge in [0.15, 0.2) is 0 Å². The predicted molar refractivity (Wildman–Crippen MR) is 134 cm³/mol. The fraction of sp³-hybridized carbons (Fsp3) is 0.250. The molecule has 1 aromatic heterocycles. The first-order valence-corrected chi connectivity index (χ1v) is 12.5. The van der Waals surface area contributed by atoms with Gasteiger partial charge in [-0.15, -0.1) is 0 Å². The molecule has 1 amide bonds. The van der Waals surface area contributed by atoms with E-state index in [4.69, 9.17) is 11.6 Å². The molecule has 1 heterocycles. The monoisotopic (exact) mass is 486 g/mol. The smallest absolute Gasteiger partial charge is 0.260 e. The Morgan fingerprint density at radius 2 is 1.82 bits per heavy atom. The fourth-order valence-electron chi connectivity index (χ4n) is 3.55. The van der Waals surface area contributed by atoms with E-state index in [9.17, 15) is 13.2 Å². The summed E-state index contributed by atoms with van der Waals surface area (Å²) < 4.78 is 27.5. The zero-order valence-corrected chi connectivity index (χ0v) is 20.8. The number of benzene rings is 2. The summed E-state index contributed by atoms with van der Waals surface area (Å²) >= 11 is 5.97. The highest BCUT2D eigenvalue weighted by molar-refractivity contribution is 7.92. The van der Waals surface area contributed by atoms with Crippen LogP contribution in [0.1, 0.15) is 28.1 Å². The molecule has 0 aliphatic heterocycles. The molecule has 7 nitrogen and oxygen atoms in total. The molecule has 0 atom stereocenters. The van der Waals surface area contributed by atoms with E-state index >= 15 is 0 Å². The highest BCUT2D eigenvalue weighted by atomic mass is 35.5. The number of aryl methyl sites for hydroxylation is 3. The van der Waals surface area contributed by atoms with Gasteiger partial charge < -0.3 is 4.57 Å². The second kappa shape index (κ2) is 9.80. The van der Waals surface area contributed by atoms with Gasteiger partial charge in [-0.2, -0.15) is 5.10 Å². The standard InChI is InChI=1S/C24H27ClN4O3S/c1-16-9-10-23(11-17(16)2)29-18(3)12-20(19(29)4)14-26-27-24(30)15-28(33(5,31)32)22-8-6-7-21(25)13-22/h6-14H,15H2,1-5H3,(H,27,30)/b26-14-. The number of anilines is 1. The van der Waals surface area contributed by atoms with Crippen LogP contribution in [0.4, 0.5) is 5.69 Å². The molecule has 0 saturated heterocycles. The van der Waals surface area contributed by atoms with Crippen molar-refractivity contribution in [3.8, 4) is 5.69 Å². The molecule has 0 aliphatic carbocycles. The number of amides is 1. The molecule has 174 valence electrons. The second-order valence-electron chi connectivity index (χ2n) is 7.97. The van der Waals surface area contributed by atoms with Crippen LogP contribution in [-0.4, -0.2) is 37.9 Å². The molecule has 3 aromatic rings. The molecule has 0 aliphatic rings. The van der Waals surface area contributed by atoms with Crippen LogP contribution in [0.3, 0.4) is 0 Å². The molecule has 0 radical (unpaired) electrons.